The molecule has 2 aliphatic rings. The Hall–Kier alpha value is -0.800. The summed E-state index contributed by atoms with van der Waals surface area (Å²) in [5.74, 6) is 1.39. The average molecular weight is 471 g/mol. The molecule has 2 rings (SSSR count). The second-order valence-corrected chi connectivity index (χ2v) is 9.51. The second-order valence-electron chi connectivity index (χ2n) is 9.51. The largest absolute Gasteiger partial charge is 0.392 e. The van der Waals surface area contributed by atoms with Crippen LogP contribution in [0.4, 0.5) is 0 Å². The zero-order chi connectivity index (χ0) is 24.7. The number of aliphatic hydroxyl groups is 1. The maximum Gasteiger partial charge on any atom is 0.186 e. The number of ether oxygens (including phenoxy) is 6. The van der Waals surface area contributed by atoms with Gasteiger partial charge in [-0.15, -0.1) is 0 Å². The molecule has 192 valence electrons. The lowest BCUT2D eigenvalue weighted by Gasteiger charge is -2.44. The van der Waals surface area contributed by atoms with Crippen molar-refractivity contribution in [3.8, 4) is 0 Å². The predicted octanol–water partition coefficient (Wildman–Crippen LogP) is 3.60. The van der Waals surface area contributed by atoms with Gasteiger partial charge in [-0.2, -0.15) is 0 Å². The molecule has 2 fully saturated rings. The summed E-state index contributed by atoms with van der Waals surface area (Å²) < 4.78 is 34.2. The molecule has 0 aromatic heterocycles. The van der Waals surface area contributed by atoms with Gasteiger partial charge < -0.3 is 33.5 Å². The van der Waals surface area contributed by atoms with E-state index < -0.39 is 6.29 Å². The molecule has 0 radical (unpaired) electrons. The number of hydrogen-bond donors (Lipinski definition) is 1. The summed E-state index contributed by atoms with van der Waals surface area (Å²) in [7, 11) is 8.27. The van der Waals surface area contributed by atoms with Crippen molar-refractivity contribution in [2.24, 2.45) is 23.7 Å². The Bertz CT molecular complexity index is 632. The Balaban J connectivity index is 2.02. The minimum Gasteiger partial charge on any atom is -0.392 e. The molecule has 7 heteroatoms. The van der Waals surface area contributed by atoms with Gasteiger partial charge in [-0.3, -0.25) is 0 Å². The molecule has 0 aromatic carbocycles. The van der Waals surface area contributed by atoms with Crippen molar-refractivity contribution in [1.82, 2.24) is 0 Å². The number of methoxy groups -OCH3 is 5. The first-order valence-corrected chi connectivity index (χ1v) is 12.1. The minimum atomic E-state index is -0.558. The predicted molar refractivity (Wildman–Crippen MR) is 128 cm³/mol. The molecule has 33 heavy (non-hydrogen) atoms. The van der Waals surface area contributed by atoms with E-state index in [-0.39, 0.29) is 42.5 Å². The molecule has 0 aromatic rings. The SMILES string of the molecule is CC[C@H](OC)[C@@H](C)[C@H]1C[C@@H]1[C@H](O)[C@@H](C)/C=C/C=C(\C)[C@@H]1O[C@H](OC)[C@@H](OC)[C@@H](OC)[C@@H]1OC. The first kappa shape index (κ1) is 28.4. The molecule has 0 bridgehead atoms. The number of aliphatic hydroxyl groups excluding tert-OH is 1. The van der Waals surface area contributed by atoms with Crippen LogP contribution < -0.4 is 0 Å². The number of rotatable bonds is 13. The highest BCUT2D eigenvalue weighted by atomic mass is 16.7. The van der Waals surface area contributed by atoms with Crippen LogP contribution in [0.25, 0.3) is 0 Å². The minimum absolute atomic E-state index is 0.0562. The van der Waals surface area contributed by atoms with E-state index in [2.05, 4.69) is 26.8 Å². The van der Waals surface area contributed by atoms with E-state index in [1.165, 1.54) is 0 Å². The smallest absolute Gasteiger partial charge is 0.186 e. The molecule has 1 heterocycles. The maximum absolute atomic E-state index is 10.9. The molecule has 0 unspecified atom stereocenters. The summed E-state index contributed by atoms with van der Waals surface area (Å²) in [6.07, 6.45) is 6.10. The Kier molecular flexibility index (Phi) is 11.5. The first-order chi connectivity index (χ1) is 15.8. The fourth-order valence-electron chi connectivity index (χ4n) is 5.38. The molecule has 1 aliphatic heterocycles. The van der Waals surface area contributed by atoms with Crippen molar-refractivity contribution in [2.45, 2.75) is 83.5 Å². The van der Waals surface area contributed by atoms with Crippen LogP contribution in [0, 0.1) is 23.7 Å². The van der Waals surface area contributed by atoms with Crippen LogP contribution in [0.15, 0.2) is 23.8 Å². The third-order valence-corrected chi connectivity index (χ3v) is 7.60. The van der Waals surface area contributed by atoms with Gasteiger partial charge in [0.05, 0.1) is 12.2 Å². The van der Waals surface area contributed by atoms with Gasteiger partial charge in [-0.05, 0) is 43.1 Å². The van der Waals surface area contributed by atoms with Gasteiger partial charge in [-0.25, -0.2) is 0 Å². The first-order valence-electron chi connectivity index (χ1n) is 12.1. The van der Waals surface area contributed by atoms with Gasteiger partial charge in [0, 0.05) is 41.5 Å². The van der Waals surface area contributed by atoms with Gasteiger partial charge >= 0.3 is 0 Å². The molecule has 11 atom stereocenters. The fraction of sp³-hybridized carbons (Fsp3) is 0.846. The standard InChI is InChI=1S/C26H46O7/c1-10-20(28-5)17(4)18-14-19(18)21(27)15(2)12-11-13-16(3)22-23(29-6)24(30-7)25(31-8)26(32-9)33-22/h11-13,15,17-27H,10,14H2,1-9H3/b12-11+,16-13+/t15-,17-,18+,19-,20-,21+,22-,23+,24-,25-,26-/m0/s1. The fourth-order valence-corrected chi connectivity index (χ4v) is 5.38. The molecule has 7 nitrogen and oxygen atoms in total. The highest BCUT2D eigenvalue weighted by Crippen LogP contribution is 2.49. The summed E-state index contributed by atoms with van der Waals surface area (Å²) in [4.78, 5) is 0. The molecular weight excluding hydrogens is 424 g/mol. The van der Waals surface area contributed by atoms with E-state index in [0.29, 0.717) is 17.8 Å². The molecule has 0 amide bonds. The summed E-state index contributed by atoms with van der Waals surface area (Å²) in [5, 5.41) is 10.9. The maximum atomic E-state index is 10.9. The van der Waals surface area contributed by atoms with E-state index in [4.69, 9.17) is 28.4 Å². The Morgan fingerprint density at radius 3 is 2.12 bits per heavy atom. The number of allylic oxidation sites excluding steroid dienone is 2. The van der Waals surface area contributed by atoms with Crippen LogP contribution in [-0.2, 0) is 28.4 Å². The van der Waals surface area contributed by atoms with Crippen LogP contribution in [0.2, 0.25) is 0 Å². The van der Waals surface area contributed by atoms with Crippen LogP contribution in [0.3, 0.4) is 0 Å². The van der Waals surface area contributed by atoms with Crippen molar-refractivity contribution in [3.63, 3.8) is 0 Å². The van der Waals surface area contributed by atoms with E-state index >= 15 is 0 Å². The van der Waals surface area contributed by atoms with Gasteiger partial charge in [0.25, 0.3) is 0 Å². The van der Waals surface area contributed by atoms with Crippen molar-refractivity contribution in [2.75, 3.05) is 35.5 Å². The van der Waals surface area contributed by atoms with Crippen LogP contribution in [0.5, 0.6) is 0 Å². The highest BCUT2D eigenvalue weighted by molar-refractivity contribution is 5.19. The van der Waals surface area contributed by atoms with Gasteiger partial charge in [0.2, 0.25) is 0 Å². The second kappa shape index (κ2) is 13.3. The summed E-state index contributed by atoms with van der Waals surface area (Å²) in [5.41, 5.74) is 0.988. The molecule has 1 aliphatic carbocycles. The third kappa shape index (κ3) is 6.66. The Morgan fingerprint density at radius 2 is 1.61 bits per heavy atom. The van der Waals surface area contributed by atoms with Crippen LogP contribution >= 0.6 is 0 Å². The lowest BCUT2D eigenvalue weighted by molar-refractivity contribution is -0.295. The highest BCUT2D eigenvalue weighted by Gasteiger charge is 2.49. The molecular formula is C26H46O7. The summed E-state index contributed by atoms with van der Waals surface area (Å²) in [6, 6.07) is 0. The summed E-state index contributed by atoms with van der Waals surface area (Å²) in [6.45, 7) is 8.47. The number of hydrogen-bond acceptors (Lipinski definition) is 7. The zero-order valence-electron chi connectivity index (χ0n) is 21.9. The topological polar surface area (TPSA) is 75.6 Å². The van der Waals surface area contributed by atoms with E-state index in [1.807, 2.05) is 19.1 Å². The van der Waals surface area contributed by atoms with Crippen LogP contribution in [0.1, 0.15) is 40.5 Å². The van der Waals surface area contributed by atoms with Gasteiger partial charge in [-0.1, -0.05) is 39.0 Å². The molecule has 0 spiro atoms. The molecule has 1 N–H and O–H groups in total. The third-order valence-electron chi connectivity index (χ3n) is 7.60. The van der Waals surface area contributed by atoms with E-state index in [9.17, 15) is 5.11 Å². The lowest BCUT2D eigenvalue weighted by atomic mass is 9.91. The average Bonchev–Trinajstić information content (AvgIpc) is 3.63. The van der Waals surface area contributed by atoms with E-state index in [1.54, 1.807) is 35.5 Å². The summed E-state index contributed by atoms with van der Waals surface area (Å²) >= 11 is 0. The quantitative estimate of drug-likeness (QED) is 0.412. The van der Waals surface area contributed by atoms with E-state index in [0.717, 1.165) is 18.4 Å². The Labute approximate surface area is 200 Å². The van der Waals surface area contributed by atoms with Crippen molar-refractivity contribution in [3.05, 3.63) is 23.8 Å². The van der Waals surface area contributed by atoms with Crippen molar-refractivity contribution >= 4 is 0 Å². The normalized spacial score (nSPS) is 36.5. The molecule has 1 saturated carbocycles. The van der Waals surface area contributed by atoms with Crippen molar-refractivity contribution in [1.29, 1.82) is 0 Å². The van der Waals surface area contributed by atoms with Gasteiger partial charge in [0.1, 0.15) is 24.4 Å². The van der Waals surface area contributed by atoms with Crippen LogP contribution in [-0.4, -0.2) is 83.6 Å². The van der Waals surface area contributed by atoms with Gasteiger partial charge in [0.15, 0.2) is 6.29 Å². The Morgan fingerprint density at radius 1 is 0.970 bits per heavy atom. The zero-order valence-corrected chi connectivity index (χ0v) is 21.9. The van der Waals surface area contributed by atoms with Crippen molar-refractivity contribution < 1.29 is 33.5 Å². The monoisotopic (exact) mass is 470 g/mol. The molecule has 1 saturated heterocycles. The lowest BCUT2D eigenvalue weighted by Crippen LogP contribution is -2.60.